The van der Waals surface area contributed by atoms with E-state index in [4.69, 9.17) is 18.9 Å². The Morgan fingerprint density at radius 1 is 1.02 bits per heavy atom. The average Bonchev–Trinajstić information content (AvgIpc) is 3.24. The van der Waals surface area contributed by atoms with E-state index in [0.29, 0.717) is 43.0 Å². The number of methoxy groups -OCH3 is 1. The van der Waals surface area contributed by atoms with Crippen LogP contribution in [0.2, 0.25) is 0 Å². The van der Waals surface area contributed by atoms with Crippen LogP contribution in [0.3, 0.4) is 0 Å². The zero-order chi connectivity index (χ0) is 28.6. The largest absolute Gasteiger partial charge is 0.494 e. The summed E-state index contributed by atoms with van der Waals surface area (Å²) in [6, 6.07) is 20.4. The first-order valence-corrected chi connectivity index (χ1v) is 13.3. The molecule has 10 heteroatoms. The molecule has 3 aliphatic rings. The summed E-state index contributed by atoms with van der Waals surface area (Å²) in [6.07, 6.45) is -0.642. The molecule has 0 atom stereocenters. The Morgan fingerprint density at radius 2 is 1.68 bits per heavy atom. The van der Waals surface area contributed by atoms with Crippen LogP contribution in [0.1, 0.15) is 31.8 Å². The third-order valence-electron chi connectivity index (χ3n) is 7.81. The van der Waals surface area contributed by atoms with Crippen molar-refractivity contribution >= 4 is 17.5 Å². The summed E-state index contributed by atoms with van der Waals surface area (Å²) in [7, 11) is 1.42. The fourth-order valence-electron chi connectivity index (χ4n) is 5.60. The number of imide groups is 1. The van der Waals surface area contributed by atoms with Crippen molar-refractivity contribution in [1.82, 2.24) is 4.90 Å². The van der Waals surface area contributed by atoms with Crippen LogP contribution in [0.25, 0.3) is 0 Å². The Kier molecular flexibility index (Phi) is 7.17. The quantitative estimate of drug-likeness (QED) is 0.386. The van der Waals surface area contributed by atoms with E-state index in [1.807, 2.05) is 18.2 Å². The minimum atomic E-state index is -0.642. The van der Waals surface area contributed by atoms with Gasteiger partial charge in [-0.05, 0) is 54.1 Å². The van der Waals surface area contributed by atoms with Crippen molar-refractivity contribution in [1.29, 1.82) is 5.26 Å². The van der Waals surface area contributed by atoms with Crippen LogP contribution in [-0.2, 0) is 20.8 Å². The first kappa shape index (κ1) is 26.9. The first-order valence-electron chi connectivity index (χ1n) is 13.3. The van der Waals surface area contributed by atoms with Gasteiger partial charge in [-0.15, -0.1) is 0 Å². The number of benzene rings is 3. The number of carbonyl (C=O) groups is 2. The Morgan fingerprint density at radius 3 is 2.22 bits per heavy atom. The Bertz CT molecular complexity index is 1470. The van der Waals surface area contributed by atoms with Gasteiger partial charge in [0, 0.05) is 18.8 Å². The molecule has 0 aliphatic carbocycles. The van der Waals surface area contributed by atoms with Gasteiger partial charge >= 0.3 is 0 Å². The van der Waals surface area contributed by atoms with Crippen molar-refractivity contribution in [3.63, 3.8) is 0 Å². The smallest absolute Gasteiger partial charge is 0.261 e. The number of nitrogens with zero attached hydrogens (tertiary/aromatic N) is 3. The molecule has 0 radical (unpaired) electrons. The number of hydrogen-bond acceptors (Lipinski definition) is 8. The maximum atomic E-state index is 14.5. The van der Waals surface area contributed by atoms with Crippen molar-refractivity contribution in [3.05, 3.63) is 94.8 Å². The monoisotopic (exact) mass is 557 g/mol. The van der Waals surface area contributed by atoms with Crippen LogP contribution in [0.4, 0.5) is 10.1 Å². The highest BCUT2D eigenvalue weighted by molar-refractivity contribution is 6.21. The lowest BCUT2D eigenvalue weighted by Crippen LogP contribution is -2.62. The highest BCUT2D eigenvalue weighted by Gasteiger charge is 2.52. The van der Waals surface area contributed by atoms with Crippen molar-refractivity contribution in [3.8, 4) is 11.8 Å². The van der Waals surface area contributed by atoms with Crippen LogP contribution in [0.5, 0.6) is 5.75 Å². The van der Waals surface area contributed by atoms with Crippen LogP contribution < -0.4 is 9.64 Å². The summed E-state index contributed by atoms with van der Waals surface area (Å²) < 4.78 is 37.6. The fraction of sp³-hybridized carbons (Fsp3) is 0.323. The number of carbonyl (C=O) groups excluding carboxylic acids is 2. The molecule has 3 aliphatic heterocycles. The second-order valence-corrected chi connectivity index (χ2v) is 10.5. The van der Waals surface area contributed by atoms with E-state index < -0.39 is 23.6 Å². The van der Waals surface area contributed by atoms with E-state index >= 15 is 0 Å². The first-order chi connectivity index (χ1) is 19.9. The second-order valence-electron chi connectivity index (χ2n) is 10.5. The number of halogens is 1. The van der Waals surface area contributed by atoms with Crippen LogP contribution in [0, 0.1) is 22.6 Å². The zero-order valence-electron chi connectivity index (χ0n) is 22.4. The topological polar surface area (TPSA) is 101 Å². The van der Waals surface area contributed by atoms with Crippen molar-refractivity contribution in [2.24, 2.45) is 5.41 Å². The molecule has 9 nitrogen and oxygen atoms in total. The molecule has 2 fully saturated rings. The molecule has 2 amide bonds. The molecule has 210 valence electrons. The lowest BCUT2D eigenvalue weighted by Gasteiger charge is -2.50. The minimum Gasteiger partial charge on any atom is -0.494 e. The molecule has 3 heterocycles. The fourth-order valence-corrected chi connectivity index (χ4v) is 5.60. The third-order valence-corrected chi connectivity index (χ3v) is 7.81. The highest BCUT2D eigenvalue weighted by atomic mass is 19.1. The minimum absolute atomic E-state index is 0.137. The summed E-state index contributed by atoms with van der Waals surface area (Å²) in [5.74, 6) is -0.980. The van der Waals surface area contributed by atoms with Gasteiger partial charge < -0.3 is 23.8 Å². The predicted molar refractivity (Wildman–Crippen MR) is 145 cm³/mol. The van der Waals surface area contributed by atoms with Crippen molar-refractivity contribution < 1.29 is 32.9 Å². The molecule has 0 aromatic heterocycles. The molecule has 3 aromatic carbocycles. The van der Waals surface area contributed by atoms with Gasteiger partial charge in [-0.3, -0.25) is 14.5 Å². The Labute approximate surface area is 236 Å². The number of amides is 2. The number of nitriles is 1. The maximum absolute atomic E-state index is 14.5. The highest BCUT2D eigenvalue weighted by Crippen LogP contribution is 2.39. The molecule has 0 saturated carbocycles. The van der Waals surface area contributed by atoms with Gasteiger partial charge in [-0.2, -0.15) is 5.26 Å². The van der Waals surface area contributed by atoms with Gasteiger partial charge in [0.05, 0.1) is 67.8 Å². The maximum Gasteiger partial charge on any atom is 0.261 e. The molecule has 41 heavy (non-hydrogen) atoms. The number of hydrogen-bond donors (Lipinski definition) is 0. The van der Waals surface area contributed by atoms with Gasteiger partial charge in [0.2, 0.25) is 0 Å². The number of anilines is 1. The summed E-state index contributed by atoms with van der Waals surface area (Å²) in [5, 5.41) is 9.26. The van der Waals surface area contributed by atoms with E-state index in [0.717, 1.165) is 11.3 Å². The lowest BCUT2D eigenvalue weighted by atomic mass is 9.83. The van der Waals surface area contributed by atoms with Crippen LogP contribution in [-0.4, -0.2) is 69.1 Å². The third kappa shape index (κ3) is 4.93. The summed E-state index contributed by atoms with van der Waals surface area (Å²) >= 11 is 0. The van der Waals surface area contributed by atoms with Crippen molar-refractivity contribution in [2.75, 3.05) is 45.0 Å². The number of ether oxygens (including phenoxy) is 4. The van der Waals surface area contributed by atoms with Crippen LogP contribution in [0.15, 0.2) is 66.7 Å². The van der Waals surface area contributed by atoms with Gasteiger partial charge in [0.25, 0.3) is 11.8 Å². The molecule has 6 rings (SSSR count). The van der Waals surface area contributed by atoms with E-state index in [2.05, 4.69) is 11.0 Å². The Balaban J connectivity index is 1.20. The van der Waals surface area contributed by atoms with Gasteiger partial charge in [0.15, 0.2) is 17.9 Å². The molecular weight excluding hydrogens is 529 g/mol. The van der Waals surface area contributed by atoms with Gasteiger partial charge in [-0.1, -0.05) is 18.2 Å². The second kappa shape index (κ2) is 10.9. The molecule has 0 N–H and O–H groups in total. The zero-order valence-corrected chi connectivity index (χ0v) is 22.4. The van der Waals surface area contributed by atoms with E-state index in [9.17, 15) is 19.2 Å². The predicted octanol–water partition coefficient (Wildman–Crippen LogP) is 3.77. The SMILES string of the molecule is COc1ccc(CN(CC2(C3OCC(N4C(=O)c5ccccc5C4=O)CO3)COC2)c2ccc(C#N)cc2)cc1F. The van der Waals surface area contributed by atoms with E-state index in [1.54, 1.807) is 42.5 Å². The lowest BCUT2D eigenvalue weighted by molar-refractivity contribution is -0.299. The van der Waals surface area contributed by atoms with E-state index in [1.165, 1.54) is 18.1 Å². The molecule has 0 spiro atoms. The van der Waals surface area contributed by atoms with Crippen LogP contribution >= 0.6 is 0 Å². The normalized spacial score (nSPS) is 21.1. The molecule has 0 unspecified atom stereocenters. The molecular formula is C31H28FN3O6. The molecule has 3 aromatic rings. The number of fused-ring (bicyclic) bond motifs is 1. The van der Waals surface area contributed by atoms with E-state index in [-0.39, 0.29) is 30.8 Å². The van der Waals surface area contributed by atoms with Crippen molar-refractivity contribution in [2.45, 2.75) is 18.9 Å². The molecule has 2 saturated heterocycles. The van der Waals surface area contributed by atoms with Gasteiger partial charge in [0.1, 0.15) is 0 Å². The summed E-state index contributed by atoms with van der Waals surface area (Å²) in [4.78, 5) is 29.2. The standard InChI is InChI=1S/C31H28FN3O6/c1-38-27-11-8-21(12-26(27)32)14-34(22-9-6-20(13-33)7-10-22)17-31(18-39-19-31)30-40-15-23(16-41-30)35-28(36)24-4-2-3-5-25(24)29(35)37/h2-12,23,30H,14-19H2,1H3. The van der Waals surface area contributed by atoms with Gasteiger partial charge in [-0.25, -0.2) is 4.39 Å². The summed E-state index contributed by atoms with van der Waals surface area (Å²) in [5.41, 5.74) is 2.33. The molecule has 0 bridgehead atoms. The number of rotatable bonds is 8. The average molecular weight is 558 g/mol. The Hall–Kier alpha value is -4.30. The summed E-state index contributed by atoms with van der Waals surface area (Å²) in [6.45, 7) is 1.85.